The number of nitrogens with zero attached hydrogens (tertiary/aromatic N) is 3. The normalized spacial score (nSPS) is 12.8. The van der Waals surface area contributed by atoms with Crippen molar-refractivity contribution in [2.75, 3.05) is 18.5 Å². The second-order valence-corrected chi connectivity index (χ2v) is 12.3. The van der Waals surface area contributed by atoms with Crippen LogP contribution in [0, 0.1) is 5.82 Å². The van der Waals surface area contributed by atoms with Gasteiger partial charge in [0.2, 0.25) is 5.91 Å². The van der Waals surface area contributed by atoms with Gasteiger partial charge in [-0.15, -0.1) is 21.5 Å². The lowest BCUT2D eigenvalue weighted by Crippen LogP contribution is -2.25. The SMILES string of the molecule is CCOC(=O)c1c(NC(=O)[C@H](C)Sc2nnc(CNC(=O)c3cccc(F)c3)n2-c2ccc(OCC)cc2)sc2c1CCC2. The van der Waals surface area contributed by atoms with E-state index in [2.05, 4.69) is 20.8 Å². The first-order chi connectivity index (χ1) is 21.3. The minimum absolute atomic E-state index is 0.000342. The number of ether oxygens (including phenoxy) is 2. The Morgan fingerprint density at radius 2 is 1.89 bits per heavy atom. The minimum Gasteiger partial charge on any atom is -0.494 e. The van der Waals surface area contributed by atoms with Crippen LogP contribution in [-0.4, -0.2) is 51.0 Å². The topological polar surface area (TPSA) is 124 Å². The van der Waals surface area contributed by atoms with E-state index in [1.165, 1.54) is 41.3 Å². The molecule has 5 rings (SSSR count). The summed E-state index contributed by atoms with van der Waals surface area (Å²) in [7, 11) is 0. The fraction of sp³-hybridized carbons (Fsp3) is 0.323. The number of hydrogen-bond donors (Lipinski definition) is 2. The van der Waals surface area contributed by atoms with E-state index in [0.717, 1.165) is 35.8 Å². The lowest BCUT2D eigenvalue weighted by Gasteiger charge is -2.15. The first kappa shape index (κ1) is 31.2. The lowest BCUT2D eigenvalue weighted by molar-refractivity contribution is -0.115. The van der Waals surface area contributed by atoms with Crippen LogP contribution < -0.4 is 15.4 Å². The van der Waals surface area contributed by atoms with Gasteiger partial charge in [0, 0.05) is 16.1 Å². The number of esters is 1. The van der Waals surface area contributed by atoms with Crippen molar-refractivity contribution in [2.24, 2.45) is 0 Å². The van der Waals surface area contributed by atoms with E-state index in [4.69, 9.17) is 9.47 Å². The lowest BCUT2D eigenvalue weighted by atomic mass is 10.1. The standard InChI is InChI=1S/C31H32FN5O5S2/c1-4-41-22-14-12-21(13-15-22)37-25(17-33-28(39)19-8-6-9-20(32)16-19)35-36-31(37)43-18(3)27(38)34-29-26(30(40)42-5-2)23-10-7-11-24(23)44-29/h6,8-9,12-16,18H,4-5,7,10-11,17H2,1-3H3,(H,33,39)(H,34,38)/t18-/m0/s1. The van der Waals surface area contributed by atoms with Gasteiger partial charge in [0.05, 0.1) is 30.6 Å². The van der Waals surface area contributed by atoms with Crippen molar-refractivity contribution in [3.8, 4) is 11.4 Å². The molecule has 2 N–H and O–H groups in total. The molecule has 4 aromatic rings. The predicted octanol–water partition coefficient (Wildman–Crippen LogP) is 5.58. The molecular weight excluding hydrogens is 606 g/mol. The summed E-state index contributed by atoms with van der Waals surface area (Å²) >= 11 is 2.61. The molecule has 0 saturated carbocycles. The zero-order chi connectivity index (χ0) is 31.2. The Morgan fingerprint density at radius 1 is 1.09 bits per heavy atom. The Hall–Kier alpha value is -4.23. The molecule has 2 amide bonds. The molecule has 0 bridgehead atoms. The maximum absolute atomic E-state index is 13.7. The summed E-state index contributed by atoms with van der Waals surface area (Å²) in [6, 6.07) is 12.7. The van der Waals surface area contributed by atoms with E-state index < -0.39 is 22.9 Å². The predicted molar refractivity (Wildman–Crippen MR) is 166 cm³/mol. The molecule has 44 heavy (non-hydrogen) atoms. The third-order valence-corrected chi connectivity index (χ3v) is 9.14. The van der Waals surface area contributed by atoms with Gasteiger partial charge in [-0.2, -0.15) is 0 Å². The van der Waals surface area contributed by atoms with Gasteiger partial charge in [0.1, 0.15) is 16.6 Å². The summed E-state index contributed by atoms with van der Waals surface area (Å²) in [5.41, 5.74) is 2.29. The Balaban J connectivity index is 1.37. The van der Waals surface area contributed by atoms with Crippen molar-refractivity contribution < 1.29 is 28.2 Å². The van der Waals surface area contributed by atoms with Crippen LogP contribution in [0.25, 0.3) is 5.69 Å². The highest BCUT2D eigenvalue weighted by molar-refractivity contribution is 8.00. The molecule has 0 saturated heterocycles. The van der Waals surface area contributed by atoms with Gasteiger partial charge in [-0.25, -0.2) is 9.18 Å². The van der Waals surface area contributed by atoms with Crippen LogP contribution in [0.15, 0.2) is 53.7 Å². The number of carbonyl (C=O) groups excluding carboxylic acids is 3. The fourth-order valence-electron chi connectivity index (χ4n) is 4.84. The summed E-state index contributed by atoms with van der Waals surface area (Å²) in [5.74, 6) is -0.609. The summed E-state index contributed by atoms with van der Waals surface area (Å²) in [6.45, 7) is 6.16. The Bertz CT molecular complexity index is 1670. The van der Waals surface area contributed by atoms with Crippen molar-refractivity contribution in [3.63, 3.8) is 0 Å². The molecule has 0 unspecified atom stereocenters. The molecule has 0 spiro atoms. The van der Waals surface area contributed by atoms with Crippen molar-refractivity contribution in [1.29, 1.82) is 0 Å². The van der Waals surface area contributed by atoms with E-state index >= 15 is 0 Å². The van der Waals surface area contributed by atoms with E-state index in [0.29, 0.717) is 39.6 Å². The number of amides is 2. The minimum atomic E-state index is -0.623. The number of thioether (sulfide) groups is 1. The molecule has 1 aliphatic carbocycles. The van der Waals surface area contributed by atoms with Gasteiger partial charge in [-0.05, 0) is 88.1 Å². The summed E-state index contributed by atoms with van der Waals surface area (Å²) in [6.07, 6.45) is 2.63. The third kappa shape index (κ3) is 6.94. The first-order valence-corrected chi connectivity index (χ1v) is 16.0. The van der Waals surface area contributed by atoms with Crippen molar-refractivity contribution >= 4 is 45.9 Å². The molecule has 1 aliphatic rings. The summed E-state index contributed by atoms with van der Waals surface area (Å²) in [5, 5.41) is 14.7. The number of halogens is 1. The fourth-order valence-corrected chi connectivity index (χ4v) is 7.00. The van der Waals surface area contributed by atoms with Crippen LogP contribution in [0.5, 0.6) is 5.75 Å². The third-order valence-electron chi connectivity index (χ3n) is 6.89. The van der Waals surface area contributed by atoms with E-state index in [9.17, 15) is 18.8 Å². The first-order valence-electron chi connectivity index (χ1n) is 14.3. The van der Waals surface area contributed by atoms with Gasteiger partial charge in [-0.3, -0.25) is 14.2 Å². The molecular formula is C31H32FN5O5S2. The van der Waals surface area contributed by atoms with Gasteiger partial charge in [0.15, 0.2) is 11.0 Å². The number of nitrogens with one attached hydrogen (secondary N) is 2. The molecule has 0 aliphatic heterocycles. The second-order valence-electron chi connectivity index (χ2n) is 9.89. The Labute approximate surface area is 262 Å². The molecule has 0 radical (unpaired) electrons. The molecule has 10 nitrogen and oxygen atoms in total. The van der Waals surface area contributed by atoms with Gasteiger partial charge < -0.3 is 20.1 Å². The van der Waals surface area contributed by atoms with Crippen LogP contribution in [0.3, 0.4) is 0 Å². The van der Waals surface area contributed by atoms with Crippen LogP contribution in [0.4, 0.5) is 9.39 Å². The number of anilines is 1. The van der Waals surface area contributed by atoms with Crippen LogP contribution >= 0.6 is 23.1 Å². The molecule has 2 aromatic carbocycles. The Kier molecular flexibility index (Phi) is 9.95. The maximum atomic E-state index is 13.7. The number of aryl methyl sites for hydroxylation is 1. The number of thiophene rings is 1. The smallest absolute Gasteiger partial charge is 0.341 e. The number of fused-ring (bicyclic) bond motifs is 1. The maximum Gasteiger partial charge on any atom is 0.341 e. The van der Waals surface area contributed by atoms with Crippen LogP contribution in [0.2, 0.25) is 0 Å². The zero-order valence-electron chi connectivity index (χ0n) is 24.5. The highest BCUT2D eigenvalue weighted by Gasteiger charge is 2.30. The van der Waals surface area contributed by atoms with Crippen molar-refractivity contribution in [1.82, 2.24) is 20.1 Å². The number of aromatic nitrogens is 3. The molecule has 2 heterocycles. The summed E-state index contributed by atoms with van der Waals surface area (Å²) in [4.78, 5) is 40.0. The van der Waals surface area contributed by atoms with Crippen molar-refractivity contribution in [2.45, 2.75) is 57.0 Å². The number of rotatable bonds is 12. The highest BCUT2D eigenvalue weighted by atomic mass is 32.2. The van der Waals surface area contributed by atoms with E-state index in [-0.39, 0.29) is 24.6 Å². The average Bonchev–Trinajstić information content (AvgIpc) is 3.71. The van der Waals surface area contributed by atoms with E-state index in [1.807, 2.05) is 31.2 Å². The molecule has 13 heteroatoms. The number of benzene rings is 2. The molecule has 0 fully saturated rings. The van der Waals surface area contributed by atoms with Gasteiger partial charge >= 0.3 is 5.97 Å². The molecule has 1 atom stereocenters. The van der Waals surface area contributed by atoms with Crippen molar-refractivity contribution in [3.05, 3.63) is 81.7 Å². The number of hydrogen-bond acceptors (Lipinski definition) is 9. The second kappa shape index (κ2) is 14.0. The summed E-state index contributed by atoms with van der Waals surface area (Å²) < 4.78 is 26.3. The average molecular weight is 638 g/mol. The van der Waals surface area contributed by atoms with Gasteiger partial charge in [-0.1, -0.05) is 17.8 Å². The van der Waals surface area contributed by atoms with Crippen LogP contribution in [0.1, 0.15) is 64.2 Å². The zero-order valence-corrected chi connectivity index (χ0v) is 26.1. The van der Waals surface area contributed by atoms with Crippen LogP contribution in [-0.2, 0) is 28.9 Å². The molecule has 230 valence electrons. The quantitative estimate of drug-likeness (QED) is 0.152. The Morgan fingerprint density at radius 3 is 2.61 bits per heavy atom. The molecule has 2 aromatic heterocycles. The highest BCUT2D eigenvalue weighted by Crippen LogP contribution is 2.40. The largest absolute Gasteiger partial charge is 0.494 e. The van der Waals surface area contributed by atoms with Gasteiger partial charge in [0.25, 0.3) is 5.91 Å². The monoisotopic (exact) mass is 637 g/mol. The number of carbonyl (C=O) groups is 3. The van der Waals surface area contributed by atoms with E-state index in [1.54, 1.807) is 18.4 Å².